The number of nitrogens with zero attached hydrogens (tertiary/aromatic N) is 2. The zero-order valence-electron chi connectivity index (χ0n) is 11.1. The van der Waals surface area contributed by atoms with Crippen LogP contribution < -0.4 is 11.1 Å². The molecule has 1 aromatic rings. The largest absolute Gasteiger partial charge is 0.384 e. The maximum Gasteiger partial charge on any atom is 0.270 e. The summed E-state index contributed by atoms with van der Waals surface area (Å²) in [5.41, 5.74) is 5.90. The van der Waals surface area contributed by atoms with Gasteiger partial charge >= 0.3 is 0 Å². The lowest BCUT2D eigenvalue weighted by Gasteiger charge is -2.19. The SMILES string of the molecule is CCCN(CC)CCNC(=O)c1cccc(N)n1. The van der Waals surface area contributed by atoms with E-state index in [1.807, 2.05) is 0 Å². The van der Waals surface area contributed by atoms with Crippen LogP contribution in [-0.2, 0) is 0 Å². The molecule has 0 radical (unpaired) electrons. The van der Waals surface area contributed by atoms with Crippen molar-refractivity contribution in [2.45, 2.75) is 20.3 Å². The van der Waals surface area contributed by atoms with Gasteiger partial charge in [0.05, 0.1) is 0 Å². The third-order valence-corrected chi connectivity index (χ3v) is 2.70. The van der Waals surface area contributed by atoms with Gasteiger partial charge in [0.1, 0.15) is 11.5 Å². The minimum atomic E-state index is -0.171. The molecule has 0 fully saturated rings. The number of rotatable bonds is 7. The topological polar surface area (TPSA) is 71.2 Å². The summed E-state index contributed by atoms with van der Waals surface area (Å²) >= 11 is 0. The number of anilines is 1. The van der Waals surface area contributed by atoms with Gasteiger partial charge in [-0.25, -0.2) is 4.98 Å². The number of hydrogen-bond acceptors (Lipinski definition) is 4. The highest BCUT2D eigenvalue weighted by atomic mass is 16.1. The second-order valence-corrected chi connectivity index (χ2v) is 4.14. The van der Waals surface area contributed by atoms with E-state index in [-0.39, 0.29) is 5.91 Å². The van der Waals surface area contributed by atoms with E-state index in [2.05, 4.69) is 29.0 Å². The number of carbonyl (C=O) groups is 1. The summed E-state index contributed by atoms with van der Waals surface area (Å²) in [4.78, 5) is 18.1. The lowest BCUT2D eigenvalue weighted by atomic mass is 10.3. The van der Waals surface area contributed by atoms with Crippen molar-refractivity contribution in [1.82, 2.24) is 15.2 Å². The summed E-state index contributed by atoms with van der Waals surface area (Å²) in [6.07, 6.45) is 1.12. The van der Waals surface area contributed by atoms with E-state index in [1.165, 1.54) is 0 Å². The molecule has 0 atom stereocenters. The second-order valence-electron chi connectivity index (χ2n) is 4.14. The quantitative estimate of drug-likeness (QED) is 0.761. The summed E-state index contributed by atoms with van der Waals surface area (Å²) < 4.78 is 0. The van der Waals surface area contributed by atoms with Crippen LogP contribution in [0.4, 0.5) is 5.82 Å². The number of nitrogens with two attached hydrogens (primary N) is 1. The molecule has 0 saturated heterocycles. The number of amides is 1. The van der Waals surface area contributed by atoms with Gasteiger partial charge in [-0.2, -0.15) is 0 Å². The number of pyridine rings is 1. The molecule has 1 heterocycles. The minimum absolute atomic E-state index is 0.171. The first-order valence-electron chi connectivity index (χ1n) is 6.40. The Morgan fingerprint density at radius 2 is 2.17 bits per heavy atom. The molecule has 0 aliphatic heterocycles. The maximum atomic E-state index is 11.8. The van der Waals surface area contributed by atoms with Crippen molar-refractivity contribution >= 4 is 11.7 Å². The lowest BCUT2D eigenvalue weighted by molar-refractivity contribution is 0.0944. The molecule has 5 nitrogen and oxygen atoms in total. The average molecular weight is 250 g/mol. The number of likely N-dealkylation sites (N-methyl/N-ethyl adjacent to an activating group) is 1. The van der Waals surface area contributed by atoms with Crippen molar-refractivity contribution in [3.05, 3.63) is 23.9 Å². The van der Waals surface area contributed by atoms with E-state index >= 15 is 0 Å². The van der Waals surface area contributed by atoms with Gasteiger partial charge in [-0.15, -0.1) is 0 Å². The van der Waals surface area contributed by atoms with E-state index in [0.717, 1.165) is 26.1 Å². The molecule has 0 spiro atoms. The molecular formula is C13H22N4O. The van der Waals surface area contributed by atoms with Crippen LogP contribution in [0.1, 0.15) is 30.8 Å². The molecule has 1 rings (SSSR count). The van der Waals surface area contributed by atoms with Crippen LogP contribution in [0, 0.1) is 0 Å². The zero-order valence-corrected chi connectivity index (χ0v) is 11.1. The summed E-state index contributed by atoms with van der Waals surface area (Å²) in [6.45, 7) is 7.82. The van der Waals surface area contributed by atoms with Gasteiger partial charge in [0.25, 0.3) is 5.91 Å². The highest BCUT2D eigenvalue weighted by Crippen LogP contribution is 1.99. The van der Waals surface area contributed by atoms with E-state index in [1.54, 1.807) is 18.2 Å². The third-order valence-electron chi connectivity index (χ3n) is 2.70. The van der Waals surface area contributed by atoms with Gasteiger partial charge in [0, 0.05) is 13.1 Å². The Balaban J connectivity index is 2.37. The summed E-state index contributed by atoms with van der Waals surface area (Å²) in [5, 5.41) is 2.85. The second kappa shape index (κ2) is 7.66. The molecule has 0 aromatic carbocycles. The van der Waals surface area contributed by atoms with Gasteiger partial charge < -0.3 is 16.0 Å². The van der Waals surface area contributed by atoms with Gasteiger partial charge in [0.15, 0.2) is 0 Å². The predicted octanol–water partition coefficient (Wildman–Crippen LogP) is 1.13. The Bertz CT molecular complexity index is 381. The van der Waals surface area contributed by atoms with Crippen molar-refractivity contribution < 1.29 is 4.79 Å². The van der Waals surface area contributed by atoms with Gasteiger partial charge in [0.2, 0.25) is 0 Å². The van der Waals surface area contributed by atoms with Crippen molar-refractivity contribution in [2.24, 2.45) is 0 Å². The normalized spacial score (nSPS) is 10.6. The van der Waals surface area contributed by atoms with Crippen LogP contribution in [0.25, 0.3) is 0 Å². The molecule has 0 bridgehead atoms. The summed E-state index contributed by atoms with van der Waals surface area (Å²) in [7, 11) is 0. The predicted molar refractivity (Wildman–Crippen MR) is 73.4 cm³/mol. The fourth-order valence-electron chi connectivity index (χ4n) is 1.74. The molecule has 5 heteroatoms. The molecule has 18 heavy (non-hydrogen) atoms. The molecule has 0 aliphatic carbocycles. The highest BCUT2D eigenvalue weighted by molar-refractivity contribution is 5.92. The number of aromatic nitrogens is 1. The number of nitrogen functional groups attached to an aromatic ring is 1. The van der Waals surface area contributed by atoms with Crippen LogP contribution in [0.3, 0.4) is 0 Å². The van der Waals surface area contributed by atoms with E-state index in [9.17, 15) is 4.79 Å². The van der Waals surface area contributed by atoms with Crippen LogP contribution in [0.2, 0.25) is 0 Å². The molecule has 0 aliphatic rings. The van der Waals surface area contributed by atoms with Crippen LogP contribution in [0.15, 0.2) is 18.2 Å². The number of nitrogens with one attached hydrogen (secondary N) is 1. The Morgan fingerprint density at radius 3 is 2.78 bits per heavy atom. The van der Waals surface area contributed by atoms with Crippen molar-refractivity contribution in [3.8, 4) is 0 Å². The molecule has 100 valence electrons. The Kier molecular flexibility index (Phi) is 6.14. The fourth-order valence-corrected chi connectivity index (χ4v) is 1.74. The monoisotopic (exact) mass is 250 g/mol. The lowest BCUT2D eigenvalue weighted by Crippen LogP contribution is -2.35. The molecule has 0 saturated carbocycles. The molecule has 0 unspecified atom stereocenters. The van der Waals surface area contributed by atoms with E-state index in [0.29, 0.717) is 18.1 Å². The molecular weight excluding hydrogens is 228 g/mol. The van der Waals surface area contributed by atoms with E-state index in [4.69, 9.17) is 5.73 Å². The molecule has 3 N–H and O–H groups in total. The highest BCUT2D eigenvalue weighted by Gasteiger charge is 2.07. The van der Waals surface area contributed by atoms with Gasteiger partial charge in [-0.1, -0.05) is 19.9 Å². The first kappa shape index (κ1) is 14.4. The molecule has 1 amide bonds. The summed E-state index contributed by atoms with van der Waals surface area (Å²) in [6, 6.07) is 5.05. The first-order chi connectivity index (χ1) is 8.67. The standard InChI is InChI=1S/C13H22N4O/c1-3-9-17(4-2)10-8-15-13(18)11-6-5-7-12(14)16-11/h5-7H,3-4,8-10H2,1-2H3,(H2,14,16)(H,15,18). The average Bonchev–Trinajstić information content (AvgIpc) is 2.37. The van der Waals surface area contributed by atoms with Crippen LogP contribution in [0.5, 0.6) is 0 Å². The summed E-state index contributed by atoms with van der Waals surface area (Å²) in [5.74, 6) is 0.193. The first-order valence-corrected chi connectivity index (χ1v) is 6.40. The van der Waals surface area contributed by atoms with Gasteiger partial charge in [-0.05, 0) is 31.6 Å². The zero-order chi connectivity index (χ0) is 13.4. The Labute approximate surface area is 108 Å². The third kappa shape index (κ3) is 4.71. The van der Waals surface area contributed by atoms with Crippen molar-refractivity contribution in [3.63, 3.8) is 0 Å². The van der Waals surface area contributed by atoms with Crippen molar-refractivity contribution in [1.29, 1.82) is 0 Å². The van der Waals surface area contributed by atoms with E-state index < -0.39 is 0 Å². The van der Waals surface area contributed by atoms with Crippen LogP contribution >= 0.6 is 0 Å². The Morgan fingerprint density at radius 1 is 1.39 bits per heavy atom. The number of carbonyl (C=O) groups excluding carboxylic acids is 1. The Hall–Kier alpha value is -1.62. The van der Waals surface area contributed by atoms with Crippen LogP contribution in [-0.4, -0.2) is 42.0 Å². The smallest absolute Gasteiger partial charge is 0.270 e. The minimum Gasteiger partial charge on any atom is -0.384 e. The fraction of sp³-hybridized carbons (Fsp3) is 0.538. The molecule has 1 aromatic heterocycles. The van der Waals surface area contributed by atoms with Crippen molar-refractivity contribution in [2.75, 3.05) is 31.9 Å². The number of hydrogen-bond donors (Lipinski definition) is 2. The van der Waals surface area contributed by atoms with Gasteiger partial charge in [-0.3, -0.25) is 4.79 Å². The maximum absolute atomic E-state index is 11.8.